The summed E-state index contributed by atoms with van der Waals surface area (Å²) >= 11 is 0. The van der Waals surface area contributed by atoms with E-state index in [4.69, 9.17) is 5.73 Å². The van der Waals surface area contributed by atoms with Gasteiger partial charge in [-0.3, -0.25) is 4.90 Å². The number of halogens is 1. The summed E-state index contributed by atoms with van der Waals surface area (Å²) in [6, 6.07) is 5.33. The molecule has 1 aromatic rings. The van der Waals surface area contributed by atoms with Gasteiger partial charge in [-0.25, -0.2) is 4.39 Å². The van der Waals surface area contributed by atoms with Gasteiger partial charge < -0.3 is 5.73 Å². The van der Waals surface area contributed by atoms with Gasteiger partial charge in [0.2, 0.25) is 0 Å². The molecule has 3 heteroatoms. The fraction of sp³-hybridized carbons (Fsp3) is 0.600. The summed E-state index contributed by atoms with van der Waals surface area (Å²) in [6.07, 6.45) is 5.19. The van der Waals surface area contributed by atoms with Crippen LogP contribution in [-0.2, 0) is 6.54 Å². The Bertz CT molecular complexity index is 405. The number of anilines is 1. The van der Waals surface area contributed by atoms with Gasteiger partial charge in [-0.1, -0.05) is 25.8 Å². The zero-order chi connectivity index (χ0) is 13.1. The topological polar surface area (TPSA) is 29.3 Å². The summed E-state index contributed by atoms with van der Waals surface area (Å²) < 4.78 is 13.0. The molecule has 100 valence electrons. The highest BCUT2D eigenvalue weighted by Gasteiger charge is 2.22. The molecule has 1 aliphatic rings. The molecule has 2 unspecified atom stereocenters. The van der Waals surface area contributed by atoms with Crippen molar-refractivity contribution in [2.75, 3.05) is 12.8 Å². The Kier molecular flexibility index (Phi) is 4.23. The molecule has 2 nitrogen and oxygen atoms in total. The first-order valence-corrected chi connectivity index (χ1v) is 6.80. The van der Waals surface area contributed by atoms with Crippen LogP contribution in [0.15, 0.2) is 18.2 Å². The lowest BCUT2D eigenvalue weighted by atomic mass is 9.86. The van der Waals surface area contributed by atoms with Crippen molar-refractivity contribution in [3.63, 3.8) is 0 Å². The molecule has 1 saturated carbocycles. The summed E-state index contributed by atoms with van der Waals surface area (Å²) in [5, 5.41) is 0. The maximum atomic E-state index is 13.0. The van der Waals surface area contributed by atoms with Crippen molar-refractivity contribution < 1.29 is 4.39 Å². The maximum absolute atomic E-state index is 13.0. The number of nitrogens with zero attached hydrogens (tertiary/aromatic N) is 1. The Morgan fingerprint density at radius 3 is 2.83 bits per heavy atom. The van der Waals surface area contributed by atoms with Gasteiger partial charge in [0.05, 0.1) is 0 Å². The van der Waals surface area contributed by atoms with Gasteiger partial charge in [0.15, 0.2) is 0 Å². The molecule has 0 aliphatic heterocycles. The van der Waals surface area contributed by atoms with E-state index in [9.17, 15) is 4.39 Å². The molecule has 2 N–H and O–H groups in total. The van der Waals surface area contributed by atoms with E-state index in [-0.39, 0.29) is 5.82 Å². The normalized spacial score (nSPS) is 24.4. The summed E-state index contributed by atoms with van der Waals surface area (Å²) in [7, 11) is 2.14. The van der Waals surface area contributed by atoms with Crippen LogP contribution in [0, 0.1) is 11.7 Å². The second kappa shape index (κ2) is 5.70. The van der Waals surface area contributed by atoms with Crippen LogP contribution < -0.4 is 5.73 Å². The highest BCUT2D eigenvalue weighted by Crippen LogP contribution is 2.28. The lowest BCUT2D eigenvalue weighted by Crippen LogP contribution is -2.35. The zero-order valence-corrected chi connectivity index (χ0v) is 11.3. The van der Waals surface area contributed by atoms with Gasteiger partial charge >= 0.3 is 0 Å². The summed E-state index contributed by atoms with van der Waals surface area (Å²) in [5.41, 5.74) is 7.45. The molecule has 18 heavy (non-hydrogen) atoms. The van der Waals surface area contributed by atoms with Gasteiger partial charge in [0, 0.05) is 18.3 Å². The molecule has 0 aromatic heterocycles. The van der Waals surface area contributed by atoms with E-state index in [1.54, 1.807) is 6.07 Å². The molecule has 2 rings (SSSR count). The fourth-order valence-corrected chi connectivity index (χ4v) is 2.91. The molecule has 1 aliphatic carbocycles. The van der Waals surface area contributed by atoms with Crippen LogP contribution in [0.3, 0.4) is 0 Å². The molecule has 1 aromatic carbocycles. The number of hydrogen-bond acceptors (Lipinski definition) is 2. The second-order valence-corrected chi connectivity index (χ2v) is 5.68. The minimum Gasteiger partial charge on any atom is -0.398 e. The standard InChI is InChI=1S/C15H23FN2/c1-11-4-3-5-14(8-11)18(2)10-12-6-7-13(16)9-15(12)17/h6-7,9,11,14H,3-5,8,10,17H2,1-2H3. The third-order valence-electron chi connectivity index (χ3n) is 4.06. The van der Waals surface area contributed by atoms with Gasteiger partial charge in [-0.05, 0) is 43.5 Å². The Labute approximate surface area is 109 Å². The monoisotopic (exact) mass is 250 g/mol. The Balaban J connectivity index is 1.99. The van der Waals surface area contributed by atoms with E-state index in [1.165, 1.54) is 37.8 Å². The van der Waals surface area contributed by atoms with Crippen molar-refractivity contribution in [2.45, 2.75) is 45.2 Å². The van der Waals surface area contributed by atoms with Crippen LogP contribution in [0.1, 0.15) is 38.2 Å². The number of benzene rings is 1. The first-order chi connectivity index (χ1) is 8.56. The molecule has 0 radical (unpaired) electrons. The minimum atomic E-state index is -0.259. The van der Waals surface area contributed by atoms with Crippen molar-refractivity contribution in [2.24, 2.45) is 5.92 Å². The Morgan fingerprint density at radius 2 is 2.17 bits per heavy atom. The third kappa shape index (κ3) is 3.22. The predicted octanol–water partition coefficient (Wildman–Crippen LogP) is 3.42. The largest absolute Gasteiger partial charge is 0.398 e. The quantitative estimate of drug-likeness (QED) is 0.833. The first kappa shape index (κ1) is 13.3. The molecule has 2 atom stereocenters. The van der Waals surface area contributed by atoms with E-state index in [2.05, 4.69) is 18.9 Å². The predicted molar refractivity (Wildman–Crippen MR) is 73.7 cm³/mol. The van der Waals surface area contributed by atoms with Gasteiger partial charge in [0.1, 0.15) is 5.82 Å². The molecular weight excluding hydrogens is 227 g/mol. The van der Waals surface area contributed by atoms with Crippen LogP contribution >= 0.6 is 0 Å². The average Bonchev–Trinajstić information content (AvgIpc) is 2.32. The van der Waals surface area contributed by atoms with Crippen LogP contribution in [0.2, 0.25) is 0 Å². The van der Waals surface area contributed by atoms with E-state index in [0.717, 1.165) is 18.0 Å². The molecule has 0 saturated heterocycles. The lowest BCUT2D eigenvalue weighted by Gasteiger charge is -2.34. The molecule has 1 fully saturated rings. The van der Waals surface area contributed by atoms with E-state index in [0.29, 0.717) is 11.7 Å². The second-order valence-electron chi connectivity index (χ2n) is 5.68. The highest BCUT2D eigenvalue weighted by molar-refractivity contribution is 5.46. The third-order valence-corrected chi connectivity index (χ3v) is 4.06. The van der Waals surface area contributed by atoms with Crippen molar-refractivity contribution in [3.05, 3.63) is 29.6 Å². The number of rotatable bonds is 3. The van der Waals surface area contributed by atoms with E-state index < -0.39 is 0 Å². The van der Waals surface area contributed by atoms with Gasteiger partial charge in [-0.2, -0.15) is 0 Å². The molecule has 0 spiro atoms. The van der Waals surface area contributed by atoms with Crippen LogP contribution in [0.4, 0.5) is 10.1 Å². The lowest BCUT2D eigenvalue weighted by molar-refractivity contribution is 0.158. The minimum absolute atomic E-state index is 0.259. The SMILES string of the molecule is CC1CCCC(N(C)Cc2ccc(F)cc2N)C1. The molecule has 0 amide bonds. The summed E-state index contributed by atoms with van der Waals surface area (Å²) in [4.78, 5) is 2.36. The molecular formula is C15H23FN2. The number of nitrogen functional groups attached to an aromatic ring is 1. The maximum Gasteiger partial charge on any atom is 0.125 e. The van der Waals surface area contributed by atoms with E-state index in [1.807, 2.05) is 0 Å². The fourth-order valence-electron chi connectivity index (χ4n) is 2.91. The molecule has 0 heterocycles. The van der Waals surface area contributed by atoms with Gasteiger partial charge in [-0.15, -0.1) is 0 Å². The van der Waals surface area contributed by atoms with Crippen molar-refractivity contribution in [3.8, 4) is 0 Å². The Hall–Kier alpha value is -1.09. The summed E-state index contributed by atoms with van der Waals surface area (Å²) in [5.74, 6) is 0.557. The average molecular weight is 250 g/mol. The van der Waals surface area contributed by atoms with Crippen molar-refractivity contribution in [1.82, 2.24) is 4.90 Å². The van der Waals surface area contributed by atoms with Crippen LogP contribution in [0.5, 0.6) is 0 Å². The van der Waals surface area contributed by atoms with E-state index >= 15 is 0 Å². The van der Waals surface area contributed by atoms with Crippen molar-refractivity contribution >= 4 is 5.69 Å². The molecule has 0 bridgehead atoms. The summed E-state index contributed by atoms with van der Waals surface area (Å²) in [6.45, 7) is 3.13. The van der Waals surface area contributed by atoms with Crippen LogP contribution in [-0.4, -0.2) is 18.0 Å². The highest BCUT2D eigenvalue weighted by atomic mass is 19.1. The first-order valence-electron chi connectivity index (χ1n) is 6.80. The Morgan fingerprint density at radius 1 is 1.39 bits per heavy atom. The van der Waals surface area contributed by atoms with Gasteiger partial charge in [0.25, 0.3) is 0 Å². The van der Waals surface area contributed by atoms with Crippen LogP contribution in [0.25, 0.3) is 0 Å². The van der Waals surface area contributed by atoms with Crippen molar-refractivity contribution in [1.29, 1.82) is 0 Å². The smallest absolute Gasteiger partial charge is 0.125 e. The zero-order valence-electron chi connectivity index (χ0n) is 11.3. The number of nitrogens with two attached hydrogens (primary N) is 1. The number of hydrogen-bond donors (Lipinski definition) is 1.